The van der Waals surface area contributed by atoms with Crippen LogP contribution in [0.15, 0.2) is 6.20 Å². The summed E-state index contributed by atoms with van der Waals surface area (Å²) in [4.78, 5) is 0. The fourth-order valence-electron chi connectivity index (χ4n) is 1.44. The van der Waals surface area contributed by atoms with Crippen LogP contribution in [-0.2, 0) is 12.8 Å². The van der Waals surface area contributed by atoms with Gasteiger partial charge in [0, 0.05) is 18.2 Å². The van der Waals surface area contributed by atoms with Gasteiger partial charge >= 0.3 is 0 Å². The van der Waals surface area contributed by atoms with Crippen molar-refractivity contribution in [3.05, 3.63) is 17.5 Å². The van der Waals surface area contributed by atoms with Crippen LogP contribution >= 0.6 is 0 Å². The maximum atomic E-state index is 5.76. The zero-order valence-electron chi connectivity index (χ0n) is 5.80. The highest BCUT2D eigenvalue weighted by Gasteiger charge is 2.15. The Kier molecular flexibility index (Phi) is 1.24. The van der Waals surface area contributed by atoms with Gasteiger partial charge in [0.1, 0.15) is 0 Å². The van der Waals surface area contributed by atoms with E-state index in [-0.39, 0.29) is 0 Å². The van der Waals surface area contributed by atoms with Gasteiger partial charge in [-0.15, -0.1) is 0 Å². The van der Waals surface area contributed by atoms with E-state index in [0.717, 1.165) is 19.3 Å². The highest BCUT2D eigenvalue weighted by Crippen LogP contribution is 2.16. The molecule has 0 bridgehead atoms. The van der Waals surface area contributed by atoms with Crippen molar-refractivity contribution in [2.45, 2.75) is 25.3 Å². The number of H-pyrrole nitrogens is 1. The first-order valence-corrected chi connectivity index (χ1v) is 3.63. The van der Waals surface area contributed by atoms with Gasteiger partial charge in [0.05, 0.1) is 6.20 Å². The van der Waals surface area contributed by atoms with Crippen molar-refractivity contribution >= 4 is 0 Å². The molecular weight excluding hydrogens is 126 g/mol. The van der Waals surface area contributed by atoms with E-state index in [1.165, 1.54) is 11.3 Å². The predicted octanol–water partition coefficient (Wildman–Crippen LogP) is 0.226. The molecule has 0 radical (unpaired) electrons. The molecule has 10 heavy (non-hydrogen) atoms. The van der Waals surface area contributed by atoms with Crippen LogP contribution in [0.1, 0.15) is 17.7 Å². The van der Waals surface area contributed by atoms with Crippen LogP contribution in [0.2, 0.25) is 0 Å². The van der Waals surface area contributed by atoms with E-state index in [2.05, 4.69) is 10.2 Å². The van der Waals surface area contributed by atoms with Gasteiger partial charge in [0.2, 0.25) is 0 Å². The number of nitrogens with two attached hydrogens (primary N) is 1. The van der Waals surface area contributed by atoms with Crippen molar-refractivity contribution < 1.29 is 0 Å². The van der Waals surface area contributed by atoms with E-state index in [9.17, 15) is 0 Å². The van der Waals surface area contributed by atoms with E-state index >= 15 is 0 Å². The Labute approximate surface area is 59.6 Å². The van der Waals surface area contributed by atoms with Gasteiger partial charge in [0.25, 0.3) is 0 Å². The molecule has 1 aliphatic carbocycles. The third-order valence-electron chi connectivity index (χ3n) is 2.06. The Bertz CT molecular complexity index is 229. The predicted molar refractivity (Wildman–Crippen MR) is 38.6 cm³/mol. The topological polar surface area (TPSA) is 54.7 Å². The summed E-state index contributed by atoms with van der Waals surface area (Å²) >= 11 is 0. The summed E-state index contributed by atoms with van der Waals surface area (Å²) in [6.45, 7) is 0. The molecule has 3 heteroatoms. The molecule has 1 atom stereocenters. The number of aryl methyl sites for hydroxylation is 1. The normalized spacial score (nSPS) is 24.3. The van der Waals surface area contributed by atoms with E-state index in [1.54, 1.807) is 0 Å². The van der Waals surface area contributed by atoms with Crippen LogP contribution in [0.4, 0.5) is 0 Å². The monoisotopic (exact) mass is 137 g/mol. The number of nitrogens with zero attached hydrogens (tertiary/aromatic N) is 1. The average Bonchev–Trinajstić information content (AvgIpc) is 2.33. The first-order chi connectivity index (χ1) is 4.86. The minimum absolute atomic E-state index is 0.341. The maximum Gasteiger partial charge on any atom is 0.0522 e. The molecule has 0 fully saturated rings. The lowest BCUT2D eigenvalue weighted by Gasteiger charge is -2.16. The Hall–Kier alpha value is -0.830. The van der Waals surface area contributed by atoms with Gasteiger partial charge in [-0.3, -0.25) is 5.10 Å². The van der Waals surface area contributed by atoms with Gasteiger partial charge in [-0.2, -0.15) is 5.10 Å². The number of rotatable bonds is 0. The second kappa shape index (κ2) is 2.09. The fraction of sp³-hybridized carbons (Fsp3) is 0.571. The first-order valence-electron chi connectivity index (χ1n) is 3.63. The second-order valence-electron chi connectivity index (χ2n) is 2.88. The van der Waals surface area contributed by atoms with Crippen LogP contribution in [0.3, 0.4) is 0 Å². The quantitative estimate of drug-likeness (QED) is 0.537. The van der Waals surface area contributed by atoms with Crippen molar-refractivity contribution in [1.29, 1.82) is 0 Å². The maximum absolute atomic E-state index is 5.76. The van der Waals surface area contributed by atoms with Gasteiger partial charge in [0.15, 0.2) is 0 Å². The number of nitrogens with one attached hydrogen (secondary N) is 1. The molecule has 1 aliphatic rings. The lowest BCUT2D eigenvalue weighted by Crippen LogP contribution is -2.27. The third kappa shape index (κ3) is 0.827. The molecule has 0 aromatic carbocycles. The van der Waals surface area contributed by atoms with E-state index in [4.69, 9.17) is 5.73 Å². The van der Waals surface area contributed by atoms with Gasteiger partial charge in [-0.05, 0) is 18.4 Å². The highest BCUT2D eigenvalue weighted by atomic mass is 15.1. The Balaban J connectivity index is 2.30. The molecule has 0 saturated carbocycles. The Morgan fingerprint density at radius 3 is 3.50 bits per heavy atom. The molecule has 1 unspecified atom stereocenters. The number of fused-ring (bicyclic) bond motifs is 1. The van der Waals surface area contributed by atoms with Crippen LogP contribution in [0.5, 0.6) is 0 Å². The van der Waals surface area contributed by atoms with Crippen molar-refractivity contribution in [2.24, 2.45) is 5.73 Å². The summed E-state index contributed by atoms with van der Waals surface area (Å²) in [5.41, 5.74) is 8.34. The zero-order valence-corrected chi connectivity index (χ0v) is 5.80. The highest BCUT2D eigenvalue weighted by molar-refractivity contribution is 5.20. The SMILES string of the molecule is NC1CCc2cn[nH]c2C1. The van der Waals surface area contributed by atoms with E-state index < -0.39 is 0 Å². The zero-order chi connectivity index (χ0) is 6.97. The van der Waals surface area contributed by atoms with Crippen molar-refractivity contribution in [1.82, 2.24) is 10.2 Å². The lowest BCUT2D eigenvalue weighted by molar-refractivity contribution is 0.569. The summed E-state index contributed by atoms with van der Waals surface area (Å²) in [6.07, 6.45) is 5.07. The minimum atomic E-state index is 0.341. The van der Waals surface area contributed by atoms with Crippen molar-refractivity contribution in [3.63, 3.8) is 0 Å². The first kappa shape index (κ1) is 5.92. The standard InChI is InChI=1S/C7H11N3/c8-6-2-1-5-4-9-10-7(5)3-6/h4,6H,1-3,8H2,(H,9,10). The Morgan fingerprint density at radius 2 is 2.60 bits per heavy atom. The smallest absolute Gasteiger partial charge is 0.0522 e. The lowest BCUT2D eigenvalue weighted by atomic mass is 9.95. The molecule has 0 spiro atoms. The molecule has 2 rings (SSSR count). The van der Waals surface area contributed by atoms with Gasteiger partial charge in [-0.1, -0.05) is 0 Å². The molecule has 3 N–H and O–H groups in total. The minimum Gasteiger partial charge on any atom is -0.327 e. The van der Waals surface area contributed by atoms with Gasteiger partial charge in [-0.25, -0.2) is 0 Å². The van der Waals surface area contributed by atoms with Crippen LogP contribution in [0, 0.1) is 0 Å². The molecule has 0 amide bonds. The summed E-state index contributed by atoms with van der Waals surface area (Å²) in [5.74, 6) is 0. The average molecular weight is 137 g/mol. The fourth-order valence-corrected chi connectivity index (χ4v) is 1.44. The van der Waals surface area contributed by atoms with Crippen LogP contribution in [-0.4, -0.2) is 16.2 Å². The molecule has 3 nitrogen and oxygen atoms in total. The summed E-state index contributed by atoms with van der Waals surface area (Å²) in [6, 6.07) is 0.341. The van der Waals surface area contributed by atoms with E-state index in [1.807, 2.05) is 6.20 Å². The van der Waals surface area contributed by atoms with Crippen LogP contribution in [0.25, 0.3) is 0 Å². The summed E-state index contributed by atoms with van der Waals surface area (Å²) < 4.78 is 0. The molecule has 1 aromatic rings. The summed E-state index contributed by atoms with van der Waals surface area (Å²) in [5, 5.41) is 6.92. The molecule has 54 valence electrons. The van der Waals surface area contributed by atoms with Crippen molar-refractivity contribution in [3.8, 4) is 0 Å². The number of aromatic nitrogens is 2. The van der Waals surface area contributed by atoms with Crippen molar-refractivity contribution in [2.75, 3.05) is 0 Å². The molecule has 1 aromatic heterocycles. The number of hydrogen-bond acceptors (Lipinski definition) is 2. The van der Waals surface area contributed by atoms with E-state index in [0.29, 0.717) is 6.04 Å². The number of hydrogen-bond donors (Lipinski definition) is 2. The molecule has 0 saturated heterocycles. The van der Waals surface area contributed by atoms with Crippen LogP contribution < -0.4 is 5.73 Å². The molecule has 0 aliphatic heterocycles. The molecular formula is C7H11N3. The van der Waals surface area contributed by atoms with Gasteiger partial charge < -0.3 is 5.73 Å². The third-order valence-corrected chi connectivity index (χ3v) is 2.06. The number of aromatic amines is 1. The largest absolute Gasteiger partial charge is 0.327 e. The second-order valence-corrected chi connectivity index (χ2v) is 2.88. The summed E-state index contributed by atoms with van der Waals surface area (Å²) in [7, 11) is 0. The Morgan fingerprint density at radius 1 is 1.70 bits per heavy atom. The molecule has 1 heterocycles.